The summed E-state index contributed by atoms with van der Waals surface area (Å²) < 4.78 is 10.8. The third kappa shape index (κ3) is 3.41. The summed E-state index contributed by atoms with van der Waals surface area (Å²) >= 11 is 0. The van der Waals surface area contributed by atoms with Crippen LogP contribution in [0.5, 0.6) is 11.5 Å². The zero-order valence-electron chi connectivity index (χ0n) is 14.1. The summed E-state index contributed by atoms with van der Waals surface area (Å²) in [5.74, 6) is 1.60. The Morgan fingerprint density at radius 3 is 2.68 bits per heavy atom. The van der Waals surface area contributed by atoms with Gasteiger partial charge in [-0.25, -0.2) is 9.97 Å². The molecule has 0 aliphatic carbocycles. The van der Waals surface area contributed by atoms with E-state index in [1.165, 1.54) is 11.9 Å². The minimum atomic E-state index is -0.0202. The summed E-state index contributed by atoms with van der Waals surface area (Å²) in [5.41, 5.74) is 2.46. The number of aromatic nitrogens is 2. The molecule has 0 spiro atoms. The van der Waals surface area contributed by atoms with Crippen LogP contribution >= 0.6 is 0 Å². The van der Waals surface area contributed by atoms with Crippen LogP contribution in [0.4, 0.5) is 0 Å². The number of carbonyl (C=O) groups is 1. The Bertz CT molecular complexity index is 788. The van der Waals surface area contributed by atoms with E-state index in [2.05, 4.69) is 20.9 Å². The van der Waals surface area contributed by atoms with Gasteiger partial charge in [-0.1, -0.05) is 6.07 Å². The molecule has 1 saturated heterocycles. The fourth-order valence-electron chi connectivity index (χ4n) is 3.14. The topological polar surface area (TPSA) is 67.8 Å². The standard InChI is InChI=1S/C18H20N4O3/c1-13-8-15(20-11-19-13)18(23)22-6-4-21(5-7-22)10-14-2-3-16-17(9-14)25-12-24-16/h2-3,8-9,11H,4-7,10,12H2,1H3. The Kier molecular flexibility index (Phi) is 4.23. The van der Waals surface area contributed by atoms with Crippen molar-refractivity contribution in [3.63, 3.8) is 0 Å². The van der Waals surface area contributed by atoms with Crippen LogP contribution in [-0.4, -0.2) is 58.6 Å². The summed E-state index contributed by atoms with van der Waals surface area (Å²) in [7, 11) is 0. The third-order valence-corrected chi connectivity index (χ3v) is 4.53. The first-order chi connectivity index (χ1) is 12.2. The van der Waals surface area contributed by atoms with Crippen molar-refractivity contribution in [2.45, 2.75) is 13.5 Å². The van der Waals surface area contributed by atoms with Crippen molar-refractivity contribution in [2.24, 2.45) is 0 Å². The molecule has 0 atom stereocenters. The van der Waals surface area contributed by atoms with Gasteiger partial charge in [-0.2, -0.15) is 0 Å². The van der Waals surface area contributed by atoms with Crippen LogP contribution in [0.3, 0.4) is 0 Å². The van der Waals surface area contributed by atoms with E-state index >= 15 is 0 Å². The number of carbonyl (C=O) groups excluding carboxylic acids is 1. The normalized spacial score (nSPS) is 16.9. The van der Waals surface area contributed by atoms with E-state index in [1.807, 2.05) is 24.0 Å². The predicted octanol–water partition coefficient (Wildman–Crippen LogP) is 1.47. The number of hydrogen-bond acceptors (Lipinski definition) is 6. The molecule has 2 aromatic rings. The molecule has 4 rings (SSSR count). The molecular formula is C18H20N4O3. The molecule has 130 valence electrons. The molecule has 7 heteroatoms. The number of amides is 1. The van der Waals surface area contributed by atoms with Gasteiger partial charge in [0.15, 0.2) is 11.5 Å². The number of piperazine rings is 1. The van der Waals surface area contributed by atoms with Gasteiger partial charge in [0.25, 0.3) is 5.91 Å². The SMILES string of the molecule is Cc1cc(C(=O)N2CCN(Cc3ccc4c(c3)OCO4)CC2)ncn1. The molecule has 1 amide bonds. The summed E-state index contributed by atoms with van der Waals surface area (Å²) in [4.78, 5) is 24.9. The van der Waals surface area contributed by atoms with E-state index in [9.17, 15) is 4.79 Å². The molecule has 2 aliphatic heterocycles. The average molecular weight is 340 g/mol. The monoisotopic (exact) mass is 340 g/mol. The molecular weight excluding hydrogens is 320 g/mol. The van der Waals surface area contributed by atoms with Crippen molar-refractivity contribution >= 4 is 5.91 Å². The van der Waals surface area contributed by atoms with Crippen LogP contribution in [0.2, 0.25) is 0 Å². The number of fused-ring (bicyclic) bond motifs is 1. The van der Waals surface area contributed by atoms with Crippen molar-refractivity contribution in [3.05, 3.63) is 47.5 Å². The van der Waals surface area contributed by atoms with Crippen molar-refractivity contribution < 1.29 is 14.3 Å². The van der Waals surface area contributed by atoms with E-state index < -0.39 is 0 Å². The molecule has 0 saturated carbocycles. The fourth-order valence-corrected chi connectivity index (χ4v) is 3.14. The van der Waals surface area contributed by atoms with Crippen molar-refractivity contribution in [1.82, 2.24) is 19.8 Å². The zero-order chi connectivity index (χ0) is 17.2. The fraction of sp³-hybridized carbons (Fsp3) is 0.389. The van der Waals surface area contributed by atoms with Gasteiger partial charge in [-0.05, 0) is 30.7 Å². The molecule has 2 aliphatic rings. The Morgan fingerprint density at radius 2 is 1.88 bits per heavy atom. The quantitative estimate of drug-likeness (QED) is 0.843. The van der Waals surface area contributed by atoms with Crippen LogP contribution in [0.15, 0.2) is 30.6 Å². The van der Waals surface area contributed by atoms with Gasteiger partial charge in [0.1, 0.15) is 12.0 Å². The number of ether oxygens (including phenoxy) is 2. The molecule has 1 fully saturated rings. The van der Waals surface area contributed by atoms with Crippen LogP contribution in [-0.2, 0) is 6.54 Å². The Hall–Kier alpha value is -2.67. The maximum Gasteiger partial charge on any atom is 0.272 e. The Labute approximate surface area is 146 Å². The highest BCUT2D eigenvalue weighted by Gasteiger charge is 2.23. The number of hydrogen-bond donors (Lipinski definition) is 0. The lowest BCUT2D eigenvalue weighted by atomic mass is 10.1. The van der Waals surface area contributed by atoms with E-state index in [0.29, 0.717) is 25.6 Å². The van der Waals surface area contributed by atoms with Crippen LogP contribution < -0.4 is 9.47 Å². The molecule has 25 heavy (non-hydrogen) atoms. The highest BCUT2D eigenvalue weighted by molar-refractivity contribution is 5.92. The number of rotatable bonds is 3. The van der Waals surface area contributed by atoms with Crippen molar-refractivity contribution in [2.75, 3.05) is 33.0 Å². The minimum absolute atomic E-state index is 0.0202. The van der Waals surface area contributed by atoms with Gasteiger partial charge in [0.2, 0.25) is 6.79 Å². The average Bonchev–Trinajstić information content (AvgIpc) is 3.09. The summed E-state index contributed by atoms with van der Waals surface area (Å²) in [5, 5.41) is 0. The summed E-state index contributed by atoms with van der Waals surface area (Å²) in [6.45, 7) is 6.07. The van der Waals surface area contributed by atoms with Gasteiger partial charge in [0.05, 0.1) is 0 Å². The molecule has 0 N–H and O–H groups in total. The highest BCUT2D eigenvalue weighted by Crippen LogP contribution is 2.32. The third-order valence-electron chi connectivity index (χ3n) is 4.53. The molecule has 7 nitrogen and oxygen atoms in total. The van der Waals surface area contributed by atoms with E-state index in [-0.39, 0.29) is 5.91 Å². The maximum atomic E-state index is 12.5. The lowest BCUT2D eigenvalue weighted by Gasteiger charge is -2.34. The molecule has 0 radical (unpaired) electrons. The van der Waals surface area contributed by atoms with Gasteiger partial charge in [-0.3, -0.25) is 9.69 Å². The molecule has 0 bridgehead atoms. The highest BCUT2D eigenvalue weighted by atomic mass is 16.7. The first-order valence-electron chi connectivity index (χ1n) is 8.38. The van der Waals surface area contributed by atoms with Crippen molar-refractivity contribution in [1.29, 1.82) is 0 Å². The van der Waals surface area contributed by atoms with Gasteiger partial charge in [0, 0.05) is 38.4 Å². The molecule has 3 heterocycles. The second kappa shape index (κ2) is 6.68. The predicted molar refractivity (Wildman–Crippen MR) is 90.5 cm³/mol. The minimum Gasteiger partial charge on any atom is -0.454 e. The number of aryl methyl sites for hydroxylation is 1. The first kappa shape index (κ1) is 15.8. The maximum absolute atomic E-state index is 12.5. The van der Waals surface area contributed by atoms with Gasteiger partial charge < -0.3 is 14.4 Å². The van der Waals surface area contributed by atoms with Gasteiger partial charge in [-0.15, -0.1) is 0 Å². The molecule has 1 aromatic carbocycles. The van der Waals surface area contributed by atoms with Gasteiger partial charge >= 0.3 is 0 Å². The lowest BCUT2D eigenvalue weighted by molar-refractivity contribution is 0.0622. The number of benzene rings is 1. The van der Waals surface area contributed by atoms with Crippen LogP contribution in [0.25, 0.3) is 0 Å². The van der Waals surface area contributed by atoms with Crippen LogP contribution in [0, 0.1) is 6.92 Å². The van der Waals surface area contributed by atoms with E-state index in [4.69, 9.17) is 9.47 Å². The first-order valence-corrected chi connectivity index (χ1v) is 8.38. The summed E-state index contributed by atoms with van der Waals surface area (Å²) in [6, 6.07) is 7.79. The smallest absolute Gasteiger partial charge is 0.272 e. The second-order valence-electron chi connectivity index (χ2n) is 6.30. The Balaban J connectivity index is 1.34. The van der Waals surface area contributed by atoms with E-state index in [1.54, 1.807) is 6.07 Å². The molecule has 0 unspecified atom stereocenters. The van der Waals surface area contributed by atoms with Crippen LogP contribution in [0.1, 0.15) is 21.7 Å². The second-order valence-corrected chi connectivity index (χ2v) is 6.30. The van der Waals surface area contributed by atoms with Crippen molar-refractivity contribution in [3.8, 4) is 11.5 Å². The zero-order valence-corrected chi connectivity index (χ0v) is 14.1. The number of nitrogens with zero attached hydrogens (tertiary/aromatic N) is 4. The largest absolute Gasteiger partial charge is 0.454 e. The lowest BCUT2D eigenvalue weighted by Crippen LogP contribution is -2.48. The summed E-state index contributed by atoms with van der Waals surface area (Å²) in [6.07, 6.45) is 1.44. The van der Waals surface area contributed by atoms with E-state index in [0.717, 1.165) is 36.8 Å². The Morgan fingerprint density at radius 1 is 1.08 bits per heavy atom. The molecule has 1 aromatic heterocycles.